The van der Waals surface area contributed by atoms with Crippen molar-refractivity contribution in [2.45, 2.75) is 13.5 Å². The molecule has 2 aromatic carbocycles. The summed E-state index contributed by atoms with van der Waals surface area (Å²) in [5.74, 6) is 0.868. The number of carbonyl (C=O) groups excluding carboxylic acids is 1. The van der Waals surface area contributed by atoms with Gasteiger partial charge in [0.05, 0.1) is 0 Å². The van der Waals surface area contributed by atoms with Crippen LogP contribution >= 0.6 is 0 Å². The quantitative estimate of drug-likeness (QED) is 0.515. The summed E-state index contributed by atoms with van der Waals surface area (Å²) in [5.41, 5.74) is 14.6. The summed E-state index contributed by atoms with van der Waals surface area (Å²) >= 11 is 0. The second-order valence-electron chi connectivity index (χ2n) is 6.07. The second-order valence-corrected chi connectivity index (χ2v) is 6.07. The van der Waals surface area contributed by atoms with Crippen LogP contribution in [0.4, 0.5) is 11.8 Å². The molecule has 0 unspecified atom stereocenters. The summed E-state index contributed by atoms with van der Waals surface area (Å²) in [5, 5.41) is 0. The van der Waals surface area contributed by atoms with Gasteiger partial charge < -0.3 is 16.2 Å². The van der Waals surface area contributed by atoms with Crippen molar-refractivity contribution in [1.82, 2.24) is 9.97 Å². The molecule has 0 fully saturated rings. The van der Waals surface area contributed by atoms with Crippen molar-refractivity contribution in [3.63, 3.8) is 0 Å². The van der Waals surface area contributed by atoms with Crippen molar-refractivity contribution < 1.29 is 9.53 Å². The second kappa shape index (κ2) is 8.14. The Balaban J connectivity index is 1.61. The van der Waals surface area contributed by atoms with Gasteiger partial charge in [0.2, 0.25) is 5.95 Å². The van der Waals surface area contributed by atoms with Crippen LogP contribution in [0.3, 0.4) is 0 Å². The molecule has 0 radical (unpaired) electrons. The summed E-state index contributed by atoms with van der Waals surface area (Å²) in [4.78, 5) is 20.0. The molecule has 1 heterocycles. The molecule has 0 aliphatic carbocycles. The molecule has 0 aliphatic rings. The summed E-state index contributed by atoms with van der Waals surface area (Å²) in [7, 11) is 0. The van der Waals surface area contributed by atoms with E-state index in [-0.39, 0.29) is 17.5 Å². The van der Waals surface area contributed by atoms with E-state index >= 15 is 0 Å². The Morgan fingerprint density at radius 1 is 1.07 bits per heavy atom. The fraction of sp³-hybridized carbons (Fsp3) is 0.0952. The minimum absolute atomic E-state index is 0.0946. The van der Waals surface area contributed by atoms with E-state index in [1.54, 1.807) is 30.3 Å². The molecule has 6 heteroatoms. The topological polar surface area (TPSA) is 104 Å². The van der Waals surface area contributed by atoms with Gasteiger partial charge in [-0.2, -0.15) is 4.98 Å². The van der Waals surface area contributed by atoms with Crippen molar-refractivity contribution in [2.24, 2.45) is 0 Å². The zero-order valence-corrected chi connectivity index (χ0v) is 14.9. The van der Waals surface area contributed by atoms with Crippen molar-refractivity contribution >= 4 is 23.6 Å². The first-order valence-corrected chi connectivity index (χ1v) is 8.40. The van der Waals surface area contributed by atoms with E-state index in [1.165, 1.54) is 17.8 Å². The Labute approximate surface area is 157 Å². The predicted molar refractivity (Wildman–Crippen MR) is 106 cm³/mol. The van der Waals surface area contributed by atoms with E-state index in [9.17, 15) is 4.79 Å². The maximum Gasteiger partial charge on any atom is 0.221 e. The normalized spacial score (nSPS) is 10.9. The first kappa shape index (κ1) is 18.1. The lowest BCUT2D eigenvalue weighted by Crippen LogP contribution is -2.01. The van der Waals surface area contributed by atoms with E-state index in [4.69, 9.17) is 16.2 Å². The summed E-state index contributed by atoms with van der Waals surface area (Å²) < 4.78 is 5.75. The molecule has 3 rings (SSSR count). The van der Waals surface area contributed by atoms with Crippen molar-refractivity contribution in [3.8, 4) is 5.75 Å². The fourth-order valence-electron chi connectivity index (χ4n) is 2.38. The highest BCUT2D eigenvalue weighted by molar-refractivity contribution is 6.07. The molecule has 0 saturated carbocycles. The van der Waals surface area contributed by atoms with Gasteiger partial charge in [0.1, 0.15) is 18.2 Å². The Kier molecular flexibility index (Phi) is 5.47. The molecule has 3 aromatic rings. The third-order valence-corrected chi connectivity index (χ3v) is 3.95. The van der Waals surface area contributed by atoms with Crippen LogP contribution in [0, 0.1) is 6.92 Å². The van der Waals surface area contributed by atoms with E-state index < -0.39 is 0 Å². The number of nitrogens with two attached hydrogens (primary N) is 2. The number of carbonyl (C=O) groups is 1. The number of hydrogen-bond acceptors (Lipinski definition) is 6. The maximum atomic E-state index is 12.3. The predicted octanol–water partition coefficient (Wildman–Crippen LogP) is 3.42. The van der Waals surface area contributed by atoms with Gasteiger partial charge in [-0.05, 0) is 48.9 Å². The molecule has 4 N–H and O–H groups in total. The highest BCUT2D eigenvalue weighted by Gasteiger charge is 2.04. The van der Waals surface area contributed by atoms with Crippen LogP contribution in [0.5, 0.6) is 5.75 Å². The van der Waals surface area contributed by atoms with Gasteiger partial charge in [0, 0.05) is 17.3 Å². The number of benzene rings is 2. The molecule has 0 aliphatic heterocycles. The maximum absolute atomic E-state index is 12.3. The van der Waals surface area contributed by atoms with Crippen LogP contribution in [-0.2, 0) is 6.61 Å². The number of aryl methyl sites for hydroxylation is 1. The lowest BCUT2D eigenvalue weighted by Gasteiger charge is -2.07. The molecule has 1 aromatic heterocycles. The van der Waals surface area contributed by atoms with Gasteiger partial charge in [0.15, 0.2) is 5.78 Å². The van der Waals surface area contributed by atoms with Gasteiger partial charge in [-0.15, -0.1) is 0 Å². The smallest absolute Gasteiger partial charge is 0.221 e. The Bertz CT molecular complexity index is 964. The van der Waals surface area contributed by atoms with E-state index in [1.807, 2.05) is 31.2 Å². The highest BCUT2D eigenvalue weighted by atomic mass is 16.5. The number of ether oxygens (including phenoxy) is 1. The fourth-order valence-corrected chi connectivity index (χ4v) is 2.38. The summed E-state index contributed by atoms with van der Waals surface area (Å²) in [6.45, 7) is 2.52. The average Bonchev–Trinajstić information content (AvgIpc) is 2.67. The van der Waals surface area contributed by atoms with Crippen molar-refractivity contribution in [3.05, 3.63) is 83.1 Å². The zero-order valence-electron chi connectivity index (χ0n) is 14.9. The van der Waals surface area contributed by atoms with E-state index in [2.05, 4.69) is 9.97 Å². The molecule has 0 bridgehead atoms. The molecule has 0 amide bonds. The van der Waals surface area contributed by atoms with Crippen molar-refractivity contribution in [1.29, 1.82) is 0 Å². The zero-order chi connectivity index (χ0) is 19.2. The number of nitrogens with zero attached hydrogens (tertiary/aromatic N) is 2. The third-order valence-electron chi connectivity index (χ3n) is 3.95. The van der Waals surface area contributed by atoms with E-state index in [0.29, 0.717) is 23.5 Å². The lowest BCUT2D eigenvalue weighted by atomic mass is 10.1. The first-order valence-electron chi connectivity index (χ1n) is 8.40. The van der Waals surface area contributed by atoms with Gasteiger partial charge in [0.25, 0.3) is 0 Å². The lowest BCUT2D eigenvalue weighted by molar-refractivity contribution is 0.104. The van der Waals surface area contributed by atoms with Crippen LogP contribution in [-0.4, -0.2) is 15.8 Å². The Morgan fingerprint density at radius 3 is 2.44 bits per heavy atom. The standard InChI is InChI=1S/C21H20N4O2/c1-14-2-4-15(5-3-14)13-27-18-9-6-16(7-10-18)19(26)11-8-17-12-24-21(23)25-20(17)22/h2-12H,13H2,1H3,(H4,22,23,24,25)/b11-8+. The molecule has 6 nitrogen and oxygen atoms in total. The average molecular weight is 360 g/mol. The monoisotopic (exact) mass is 360 g/mol. The molecule has 27 heavy (non-hydrogen) atoms. The first-order chi connectivity index (χ1) is 13.0. The number of anilines is 2. The summed E-state index contributed by atoms with van der Waals surface area (Å²) in [6, 6.07) is 15.2. The number of allylic oxidation sites excluding steroid dienone is 1. The SMILES string of the molecule is Cc1ccc(COc2ccc(C(=O)/C=C/c3cnc(N)nc3N)cc2)cc1. The molecule has 0 spiro atoms. The van der Waals surface area contributed by atoms with Gasteiger partial charge in [-0.25, -0.2) is 4.98 Å². The number of nitrogen functional groups attached to an aromatic ring is 2. The highest BCUT2D eigenvalue weighted by Crippen LogP contribution is 2.16. The van der Waals surface area contributed by atoms with Gasteiger partial charge in [-0.1, -0.05) is 29.8 Å². The van der Waals surface area contributed by atoms with Crippen molar-refractivity contribution in [2.75, 3.05) is 11.5 Å². The minimum Gasteiger partial charge on any atom is -0.489 e. The number of hydrogen-bond donors (Lipinski definition) is 2. The Morgan fingerprint density at radius 2 is 1.78 bits per heavy atom. The molecule has 0 saturated heterocycles. The van der Waals surface area contributed by atoms with Crippen LogP contribution in [0.25, 0.3) is 6.08 Å². The van der Waals surface area contributed by atoms with E-state index in [0.717, 1.165) is 5.56 Å². The van der Waals surface area contributed by atoms with Crippen LogP contribution in [0.1, 0.15) is 27.0 Å². The van der Waals surface area contributed by atoms with Crippen LogP contribution < -0.4 is 16.2 Å². The Hall–Kier alpha value is -3.67. The van der Waals surface area contributed by atoms with Crippen LogP contribution in [0.15, 0.2) is 60.8 Å². The molecular formula is C21H20N4O2. The molecule has 0 atom stereocenters. The molecule has 136 valence electrons. The van der Waals surface area contributed by atoms with Gasteiger partial charge >= 0.3 is 0 Å². The largest absolute Gasteiger partial charge is 0.489 e. The summed E-state index contributed by atoms with van der Waals surface area (Å²) in [6.07, 6.45) is 4.47. The number of ketones is 1. The third kappa shape index (κ3) is 4.92. The number of rotatable bonds is 6. The number of aromatic nitrogens is 2. The molecular weight excluding hydrogens is 340 g/mol. The van der Waals surface area contributed by atoms with Gasteiger partial charge in [-0.3, -0.25) is 4.79 Å². The van der Waals surface area contributed by atoms with Crippen LogP contribution in [0.2, 0.25) is 0 Å². The minimum atomic E-state index is -0.156.